The Hall–Kier alpha value is -1.97. The van der Waals surface area contributed by atoms with Crippen LogP contribution in [-0.4, -0.2) is 17.8 Å². The van der Waals surface area contributed by atoms with Gasteiger partial charge in [0.1, 0.15) is 5.75 Å². The third-order valence-corrected chi connectivity index (χ3v) is 3.80. The Morgan fingerprint density at radius 1 is 1.44 bits per heavy atom. The van der Waals surface area contributed by atoms with E-state index in [0.717, 1.165) is 35.5 Å². The van der Waals surface area contributed by atoms with Crippen molar-refractivity contribution in [1.82, 2.24) is 4.98 Å². The summed E-state index contributed by atoms with van der Waals surface area (Å²) in [6, 6.07) is 6.09. The molecule has 1 aromatic heterocycles. The Balaban J connectivity index is 2.25. The van der Waals surface area contributed by atoms with Crippen molar-refractivity contribution in [2.75, 3.05) is 7.11 Å². The van der Waals surface area contributed by atoms with E-state index >= 15 is 0 Å². The highest BCUT2D eigenvalue weighted by molar-refractivity contribution is 6.07. The van der Waals surface area contributed by atoms with Crippen LogP contribution in [0.15, 0.2) is 23.3 Å². The molecule has 1 aliphatic rings. The Labute approximate surface area is 106 Å². The average molecular weight is 243 g/mol. The lowest BCUT2D eigenvalue weighted by Crippen LogP contribution is -2.22. The number of nitrogens with one attached hydrogen (secondary N) is 1. The predicted octanol–water partition coefficient (Wildman–Crippen LogP) is 2.42. The molecule has 0 spiro atoms. The predicted molar refractivity (Wildman–Crippen MR) is 73.1 cm³/mol. The van der Waals surface area contributed by atoms with Gasteiger partial charge in [0.2, 0.25) is 0 Å². The van der Waals surface area contributed by atoms with Crippen LogP contribution < -0.4 is 10.6 Å². The minimum absolute atomic E-state index is 0.414. The Morgan fingerprint density at radius 2 is 2.28 bits per heavy atom. The SMILES string of the molecule is COc1ccc2[nH]c3c(c2c1)CCC(C)/C3=N\N. The number of rotatable bonds is 1. The van der Waals surface area contributed by atoms with Crippen molar-refractivity contribution in [2.24, 2.45) is 16.9 Å². The molecular weight excluding hydrogens is 226 g/mol. The topological polar surface area (TPSA) is 63.4 Å². The molecule has 18 heavy (non-hydrogen) atoms. The minimum Gasteiger partial charge on any atom is -0.497 e. The zero-order valence-electron chi connectivity index (χ0n) is 10.7. The molecule has 4 heteroatoms. The van der Waals surface area contributed by atoms with E-state index in [1.807, 2.05) is 12.1 Å². The van der Waals surface area contributed by atoms with Gasteiger partial charge in [-0.3, -0.25) is 0 Å². The van der Waals surface area contributed by atoms with Gasteiger partial charge in [-0.1, -0.05) is 6.92 Å². The molecule has 0 saturated heterocycles. The van der Waals surface area contributed by atoms with E-state index in [2.05, 4.69) is 23.1 Å². The Kier molecular flexibility index (Phi) is 2.51. The summed E-state index contributed by atoms with van der Waals surface area (Å²) >= 11 is 0. The maximum atomic E-state index is 5.53. The second-order valence-corrected chi connectivity index (χ2v) is 4.84. The molecule has 0 radical (unpaired) electrons. The van der Waals surface area contributed by atoms with Gasteiger partial charge in [-0.05, 0) is 36.6 Å². The number of aromatic amines is 1. The number of hydrogen-bond donors (Lipinski definition) is 2. The summed E-state index contributed by atoms with van der Waals surface area (Å²) in [5, 5.41) is 5.18. The lowest BCUT2D eigenvalue weighted by atomic mass is 9.86. The largest absolute Gasteiger partial charge is 0.497 e. The second kappa shape index (κ2) is 4.05. The number of ether oxygens (including phenoxy) is 1. The van der Waals surface area contributed by atoms with E-state index in [4.69, 9.17) is 10.6 Å². The zero-order chi connectivity index (χ0) is 12.7. The molecule has 3 rings (SSSR count). The van der Waals surface area contributed by atoms with Crippen molar-refractivity contribution in [3.63, 3.8) is 0 Å². The molecule has 1 atom stereocenters. The zero-order valence-corrected chi connectivity index (χ0v) is 10.7. The summed E-state index contributed by atoms with van der Waals surface area (Å²) in [6.07, 6.45) is 2.15. The molecule has 0 aliphatic heterocycles. The first-order chi connectivity index (χ1) is 8.74. The molecule has 94 valence electrons. The van der Waals surface area contributed by atoms with E-state index in [9.17, 15) is 0 Å². The standard InChI is InChI=1S/C14H17N3O/c1-8-3-5-10-11-7-9(18-2)4-6-12(11)16-14(10)13(8)17-15/h4,6-8,16H,3,5,15H2,1-2H3/b17-13+. The van der Waals surface area contributed by atoms with Crippen molar-refractivity contribution in [2.45, 2.75) is 19.8 Å². The summed E-state index contributed by atoms with van der Waals surface area (Å²) in [6.45, 7) is 2.17. The van der Waals surface area contributed by atoms with Gasteiger partial charge in [0, 0.05) is 16.8 Å². The van der Waals surface area contributed by atoms with E-state index in [0.29, 0.717) is 5.92 Å². The van der Waals surface area contributed by atoms with Crippen molar-refractivity contribution < 1.29 is 4.74 Å². The normalized spacial score (nSPS) is 21.2. The van der Waals surface area contributed by atoms with Gasteiger partial charge in [0.15, 0.2) is 0 Å². The van der Waals surface area contributed by atoms with Gasteiger partial charge in [0.25, 0.3) is 0 Å². The highest BCUT2D eigenvalue weighted by Gasteiger charge is 2.25. The van der Waals surface area contributed by atoms with Gasteiger partial charge in [-0.15, -0.1) is 0 Å². The van der Waals surface area contributed by atoms with Crippen LogP contribution in [0.1, 0.15) is 24.6 Å². The fourth-order valence-corrected chi connectivity index (χ4v) is 2.77. The number of H-pyrrole nitrogens is 1. The Morgan fingerprint density at radius 3 is 3.00 bits per heavy atom. The fourth-order valence-electron chi connectivity index (χ4n) is 2.77. The highest BCUT2D eigenvalue weighted by atomic mass is 16.5. The van der Waals surface area contributed by atoms with Crippen LogP contribution >= 0.6 is 0 Å². The number of nitrogens with zero attached hydrogens (tertiary/aromatic N) is 1. The van der Waals surface area contributed by atoms with Gasteiger partial charge in [-0.25, -0.2) is 0 Å². The number of methoxy groups -OCH3 is 1. The van der Waals surface area contributed by atoms with Crippen LogP contribution in [0, 0.1) is 5.92 Å². The van der Waals surface area contributed by atoms with Crippen LogP contribution in [0.5, 0.6) is 5.75 Å². The van der Waals surface area contributed by atoms with Crippen molar-refractivity contribution in [3.05, 3.63) is 29.5 Å². The molecule has 1 aliphatic carbocycles. The second-order valence-electron chi connectivity index (χ2n) is 4.84. The van der Waals surface area contributed by atoms with Crippen LogP contribution in [0.3, 0.4) is 0 Å². The molecule has 0 bridgehead atoms. The molecule has 1 heterocycles. The van der Waals surface area contributed by atoms with Crippen molar-refractivity contribution in [1.29, 1.82) is 0 Å². The third-order valence-electron chi connectivity index (χ3n) is 3.80. The van der Waals surface area contributed by atoms with Crippen LogP contribution in [0.2, 0.25) is 0 Å². The van der Waals surface area contributed by atoms with E-state index in [1.54, 1.807) is 7.11 Å². The van der Waals surface area contributed by atoms with E-state index in [-0.39, 0.29) is 0 Å². The minimum atomic E-state index is 0.414. The maximum Gasteiger partial charge on any atom is 0.119 e. The van der Waals surface area contributed by atoms with E-state index in [1.165, 1.54) is 10.9 Å². The number of benzene rings is 1. The number of hydrazone groups is 1. The molecule has 0 amide bonds. The van der Waals surface area contributed by atoms with E-state index < -0.39 is 0 Å². The number of hydrogen-bond acceptors (Lipinski definition) is 3. The first-order valence-corrected chi connectivity index (χ1v) is 6.21. The molecule has 0 fully saturated rings. The third kappa shape index (κ3) is 1.49. The number of nitrogens with two attached hydrogens (primary N) is 1. The van der Waals surface area contributed by atoms with Crippen LogP contribution in [-0.2, 0) is 6.42 Å². The van der Waals surface area contributed by atoms with Crippen molar-refractivity contribution >= 4 is 16.6 Å². The molecule has 4 nitrogen and oxygen atoms in total. The van der Waals surface area contributed by atoms with Gasteiger partial charge >= 0.3 is 0 Å². The number of aromatic nitrogens is 1. The molecule has 1 aromatic carbocycles. The summed E-state index contributed by atoms with van der Waals surface area (Å²) in [5.41, 5.74) is 4.51. The molecular formula is C14H17N3O. The van der Waals surface area contributed by atoms with Gasteiger partial charge < -0.3 is 15.6 Å². The summed E-state index contributed by atoms with van der Waals surface area (Å²) < 4.78 is 5.29. The molecule has 2 aromatic rings. The molecule has 3 N–H and O–H groups in total. The quantitative estimate of drug-likeness (QED) is 0.597. The highest BCUT2D eigenvalue weighted by Crippen LogP contribution is 2.33. The van der Waals surface area contributed by atoms with Crippen LogP contribution in [0.4, 0.5) is 0 Å². The fraction of sp³-hybridized carbons (Fsp3) is 0.357. The van der Waals surface area contributed by atoms with Gasteiger partial charge in [0.05, 0.1) is 18.5 Å². The summed E-state index contributed by atoms with van der Waals surface area (Å²) in [4.78, 5) is 3.43. The van der Waals surface area contributed by atoms with Crippen molar-refractivity contribution in [3.8, 4) is 5.75 Å². The molecule has 0 saturated carbocycles. The first-order valence-electron chi connectivity index (χ1n) is 6.21. The maximum absolute atomic E-state index is 5.53. The summed E-state index contributed by atoms with van der Waals surface area (Å²) in [5.74, 6) is 6.83. The monoisotopic (exact) mass is 243 g/mol. The van der Waals surface area contributed by atoms with Gasteiger partial charge in [-0.2, -0.15) is 5.10 Å². The lowest BCUT2D eigenvalue weighted by molar-refractivity contribution is 0.415. The Bertz CT molecular complexity index is 627. The molecule has 1 unspecified atom stereocenters. The number of aryl methyl sites for hydroxylation is 1. The number of fused-ring (bicyclic) bond motifs is 3. The average Bonchev–Trinajstić information content (AvgIpc) is 2.76. The van der Waals surface area contributed by atoms with Crippen LogP contribution in [0.25, 0.3) is 10.9 Å². The lowest BCUT2D eigenvalue weighted by Gasteiger charge is -2.20. The summed E-state index contributed by atoms with van der Waals surface area (Å²) in [7, 11) is 1.69. The first kappa shape index (κ1) is 11.1. The smallest absolute Gasteiger partial charge is 0.119 e.